The Hall–Kier alpha value is -4.37. The Bertz CT molecular complexity index is 1830. The van der Waals surface area contributed by atoms with E-state index in [1.165, 1.54) is 16.2 Å². The number of nitrogens with zero attached hydrogens (tertiary/aromatic N) is 2. The summed E-state index contributed by atoms with van der Waals surface area (Å²) in [5.41, 5.74) is 4.84. The number of carbonyl (C=O) groups excluding carboxylic acids is 2. The molecule has 0 unspecified atom stereocenters. The van der Waals surface area contributed by atoms with Gasteiger partial charge in [-0.3, -0.25) is 14.5 Å². The number of thiazole rings is 1. The molecular weight excluding hydrogens is 588 g/mol. The highest BCUT2D eigenvalue weighted by Crippen LogP contribution is 2.46. The fraction of sp³-hybridized carbons (Fsp3) is 0.361. The molecule has 1 N–H and O–H groups in total. The summed E-state index contributed by atoms with van der Waals surface area (Å²) >= 11 is 1.35. The van der Waals surface area contributed by atoms with Gasteiger partial charge in [0.05, 0.1) is 35.0 Å². The lowest BCUT2D eigenvalue weighted by Gasteiger charge is -2.24. The van der Waals surface area contributed by atoms with Gasteiger partial charge < -0.3 is 19.3 Å². The second-order valence-corrected chi connectivity index (χ2v) is 12.8. The third kappa shape index (κ3) is 5.77. The summed E-state index contributed by atoms with van der Waals surface area (Å²) in [5, 5.41) is 12.2. The van der Waals surface area contributed by atoms with Crippen LogP contribution in [0.15, 0.2) is 54.1 Å². The van der Waals surface area contributed by atoms with E-state index in [0.717, 1.165) is 51.9 Å². The summed E-state index contributed by atoms with van der Waals surface area (Å²) in [5.74, 6) is 0.101. The average Bonchev–Trinajstić information content (AvgIpc) is 3.68. The molecule has 1 amide bonds. The maximum absolute atomic E-state index is 13.9. The zero-order valence-electron chi connectivity index (χ0n) is 26.3. The summed E-state index contributed by atoms with van der Waals surface area (Å²) < 4.78 is 18.8. The first-order valence-electron chi connectivity index (χ1n) is 15.6. The number of aryl methyl sites for hydroxylation is 2. The summed E-state index contributed by atoms with van der Waals surface area (Å²) in [6.07, 6.45) is 3.78. The third-order valence-corrected chi connectivity index (χ3v) is 9.23. The van der Waals surface area contributed by atoms with Crippen LogP contribution in [0.5, 0.6) is 17.2 Å². The minimum absolute atomic E-state index is 0.00173. The van der Waals surface area contributed by atoms with E-state index in [9.17, 15) is 14.7 Å². The van der Waals surface area contributed by atoms with Gasteiger partial charge in [0.15, 0.2) is 16.6 Å². The predicted molar refractivity (Wildman–Crippen MR) is 177 cm³/mol. The van der Waals surface area contributed by atoms with E-state index in [1.807, 2.05) is 58.0 Å². The number of unbranched alkanes of at least 4 members (excludes halogenated alkanes) is 2. The molecule has 8 nitrogen and oxygen atoms in total. The van der Waals surface area contributed by atoms with E-state index >= 15 is 0 Å². The van der Waals surface area contributed by atoms with Gasteiger partial charge in [-0.1, -0.05) is 43.2 Å². The molecule has 0 spiro atoms. The minimum atomic E-state index is -0.941. The maximum Gasteiger partial charge on any atom is 0.301 e. The normalized spacial score (nSPS) is 18.8. The fourth-order valence-electron chi connectivity index (χ4n) is 6.15. The first-order valence-corrected chi connectivity index (χ1v) is 16.4. The highest BCUT2D eigenvalue weighted by atomic mass is 32.1. The van der Waals surface area contributed by atoms with Crippen molar-refractivity contribution in [3.63, 3.8) is 0 Å². The first-order chi connectivity index (χ1) is 21.7. The molecule has 6 rings (SSSR count). The second kappa shape index (κ2) is 12.6. The van der Waals surface area contributed by atoms with E-state index in [0.29, 0.717) is 47.4 Å². The number of aromatic nitrogens is 1. The van der Waals surface area contributed by atoms with Crippen molar-refractivity contribution in [3.05, 3.63) is 81.9 Å². The van der Waals surface area contributed by atoms with Gasteiger partial charge in [0.25, 0.3) is 5.78 Å². The molecule has 3 aromatic carbocycles. The number of hydrogen-bond acceptors (Lipinski definition) is 8. The molecule has 4 aromatic rings. The number of benzene rings is 3. The maximum atomic E-state index is 13.9. The van der Waals surface area contributed by atoms with Crippen molar-refractivity contribution in [2.75, 3.05) is 18.1 Å². The smallest absolute Gasteiger partial charge is 0.301 e. The van der Waals surface area contributed by atoms with Gasteiger partial charge >= 0.3 is 5.91 Å². The van der Waals surface area contributed by atoms with Gasteiger partial charge in [0.1, 0.15) is 17.6 Å². The van der Waals surface area contributed by atoms with E-state index in [4.69, 9.17) is 19.2 Å². The number of amides is 1. The van der Waals surface area contributed by atoms with Gasteiger partial charge in [-0.05, 0) is 92.8 Å². The van der Waals surface area contributed by atoms with Crippen LogP contribution in [-0.2, 0) is 16.0 Å². The van der Waals surface area contributed by atoms with Crippen molar-refractivity contribution in [2.24, 2.45) is 0 Å². The molecule has 0 saturated carbocycles. The highest BCUT2D eigenvalue weighted by Gasteiger charge is 2.48. The molecule has 0 aliphatic carbocycles. The van der Waals surface area contributed by atoms with Crippen molar-refractivity contribution >= 4 is 44.1 Å². The quantitative estimate of drug-likeness (QED) is 0.0829. The molecule has 2 atom stereocenters. The van der Waals surface area contributed by atoms with Gasteiger partial charge in [-0.25, -0.2) is 4.98 Å². The molecule has 0 radical (unpaired) electrons. The lowest BCUT2D eigenvalue weighted by Crippen LogP contribution is -2.29. The topological polar surface area (TPSA) is 98.2 Å². The van der Waals surface area contributed by atoms with Gasteiger partial charge in [0.2, 0.25) is 0 Å². The molecule has 1 aromatic heterocycles. The number of ketones is 1. The molecule has 45 heavy (non-hydrogen) atoms. The summed E-state index contributed by atoms with van der Waals surface area (Å²) in [7, 11) is 0. The number of aliphatic hydroxyl groups excluding tert-OH is 1. The fourth-order valence-corrected chi connectivity index (χ4v) is 7.32. The summed E-state index contributed by atoms with van der Waals surface area (Å²) in [4.78, 5) is 34.0. The van der Waals surface area contributed by atoms with Crippen LogP contribution >= 0.6 is 11.3 Å². The van der Waals surface area contributed by atoms with Crippen molar-refractivity contribution in [3.8, 4) is 17.2 Å². The van der Waals surface area contributed by atoms with Gasteiger partial charge in [-0.2, -0.15) is 0 Å². The minimum Gasteiger partial charge on any atom is -0.507 e. The van der Waals surface area contributed by atoms with Crippen LogP contribution in [0.1, 0.15) is 73.9 Å². The van der Waals surface area contributed by atoms with Crippen molar-refractivity contribution in [1.82, 2.24) is 4.98 Å². The van der Waals surface area contributed by atoms with Crippen LogP contribution in [0.25, 0.3) is 16.0 Å². The second-order valence-electron chi connectivity index (χ2n) is 11.7. The largest absolute Gasteiger partial charge is 0.507 e. The first kappa shape index (κ1) is 30.6. The Balaban J connectivity index is 1.50. The van der Waals surface area contributed by atoms with Crippen molar-refractivity contribution in [2.45, 2.75) is 72.4 Å². The van der Waals surface area contributed by atoms with Crippen LogP contribution in [0.2, 0.25) is 0 Å². The van der Waals surface area contributed by atoms with E-state index in [2.05, 4.69) is 6.92 Å². The molecule has 0 bridgehead atoms. The molecular formula is C36H38N2O6S. The summed E-state index contributed by atoms with van der Waals surface area (Å²) in [6, 6.07) is 13.9. The van der Waals surface area contributed by atoms with Gasteiger partial charge in [-0.15, -0.1) is 0 Å². The number of hydrogen-bond donors (Lipinski definition) is 1. The van der Waals surface area contributed by atoms with E-state index < -0.39 is 17.7 Å². The Labute approximate surface area is 267 Å². The number of carbonyl (C=O) groups is 2. The molecule has 2 aliphatic rings. The van der Waals surface area contributed by atoms with Crippen LogP contribution in [0.3, 0.4) is 0 Å². The number of rotatable bonds is 10. The molecule has 2 aliphatic heterocycles. The molecule has 1 fully saturated rings. The molecule has 234 valence electrons. The monoisotopic (exact) mass is 626 g/mol. The van der Waals surface area contributed by atoms with E-state index in [1.54, 1.807) is 18.2 Å². The Morgan fingerprint density at radius 2 is 1.87 bits per heavy atom. The molecule has 9 heteroatoms. The van der Waals surface area contributed by atoms with Crippen molar-refractivity contribution in [1.29, 1.82) is 0 Å². The number of fused-ring (bicyclic) bond motifs is 2. The summed E-state index contributed by atoms with van der Waals surface area (Å²) in [6.45, 7) is 11.0. The Morgan fingerprint density at radius 3 is 2.64 bits per heavy atom. The van der Waals surface area contributed by atoms with Crippen LogP contribution < -0.4 is 19.1 Å². The Kier molecular flexibility index (Phi) is 8.55. The number of aliphatic hydroxyl groups is 1. The van der Waals surface area contributed by atoms with E-state index in [-0.39, 0.29) is 17.4 Å². The highest BCUT2D eigenvalue weighted by molar-refractivity contribution is 7.22. The zero-order valence-corrected chi connectivity index (χ0v) is 27.1. The average molecular weight is 627 g/mol. The van der Waals surface area contributed by atoms with Crippen LogP contribution in [-0.4, -0.2) is 41.1 Å². The SMILES string of the molecule is CCCCCOc1ccc([C@@H]2/C(=C(\O)c3ccc4c(c3)C[C@@H](C)O4)C(=O)C(=O)N2c2nc3c(C)cc(C)cc3s2)cc1OCC. The Morgan fingerprint density at radius 1 is 1.04 bits per heavy atom. The van der Waals surface area contributed by atoms with Gasteiger partial charge in [0, 0.05) is 12.0 Å². The number of anilines is 1. The lowest BCUT2D eigenvalue weighted by atomic mass is 9.94. The van der Waals surface area contributed by atoms with Crippen molar-refractivity contribution < 1.29 is 28.9 Å². The van der Waals surface area contributed by atoms with Crippen LogP contribution in [0.4, 0.5) is 5.13 Å². The molecule has 1 saturated heterocycles. The predicted octanol–water partition coefficient (Wildman–Crippen LogP) is 7.83. The standard InChI is InChI=1S/C36H38N2O6S/c1-6-8-9-14-43-27-13-10-23(19-28(27)42-7-2)32-30(33(39)24-11-12-26-25(18-24)17-22(5)44-26)34(40)35(41)38(32)36-37-31-21(4)15-20(3)16-29(31)45-36/h10-13,15-16,18-19,22,32,39H,6-9,14,17H2,1-5H3/b33-30+/t22-,32-/m1/s1. The number of ether oxygens (including phenoxy) is 3. The molecule has 3 heterocycles. The lowest BCUT2D eigenvalue weighted by molar-refractivity contribution is -0.132. The zero-order chi connectivity index (χ0) is 31.8. The third-order valence-electron chi connectivity index (χ3n) is 8.23. The number of Topliss-reactive ketones (excluding diaryl/α,β-unsaturated/α-hetero) is 1. The van der Waals surface area contributed by atoms with Crippen LogP contribution in [0, 0.1) is 13.8 Å².